The van der Waals surface area contributed by atoms with E-state index in [1.165, 1.54) is 5.56 Å². The van der Waals surface area contributed by atoms with E-state index in [0.717, 1.165) is 11.3 Å². The number of ether oxygens (including phenoxy) is 1. The molecule has 0 bridgehead atoms. The highest BCUT2D eigenvalue weighted by molar-refractivity contribution is 7.98. The summed E-state index contributed by atoms with van der Waals surface area (Å²) in [7, 11) is 0. The van der Waals surface area contributed by atoms with Crippen molar-refractivity contribution in [2.24, 2.45) is 4.99 Å². The van der Waals surface area contributed by atoms with Gasteiger partial charge in [-0.25, -0.2) is 4.79 Å². The number of hydrogen-bond acceptors (Lipinski definition) is 4. The lowest BCUT2D eigenvalue weighted by atomic mass is 10.1. The summed E-state index contributed by atoms with van der Waals surface area (Å²) in [6.07, 6.45) is 1.76. The van der Waals surface area contributed by atoms with E-state index in [1.807, 2.05) is 76.2 Å². The van der Waals surface area contributed by atoms with Gasteiger partial charge >= 0.3 is 5.97 Å². The van der Waals surface area contributed by atoms with Crippen molar-refractivity contribution in [1.29, 1.82) is 0 Å². The average Bonchev–Trinajstić information content (AvgIpc) is 2.60. The zero-order valence-electron chi connectivity index (χ0n) is 15.9. The molecule has 2 aromatic carbocycles. The zero-order chi connectivity index (χ0) is 19.0. The number of aliphatic imine (C=N–C) groups is 1. The average molecular weight is 370 g/mol. The molecule has 4 heteroatoms. The molecule has 0 spiro atoms. The molecule has 0 fully saturated rings. The van der Waals surface area contributed by atoms with Gasteiger partial charge in [-0.05, 0) is 38.8 Å². The van der Waals surface area contributed by atoms with E-state index in [-0.39, 0.29) is 5.97 Å². The fraction of sp³-hybridized carbons (Fsp3) is 0.364. The van der Waals surface area contributed by atoms with Crippen LogP contribution in [0.15, 0.2) is 65.7 Å². The van der Waals surface area contributed by atoms with Crippen LogP contribution >= 0.6 is 11.8 Å². The highest BCUT2D eigenvalue weighted by Crippen LogP contribution is 2.25. The number of nitrogens with zero attached hydrogens (tertiary/aromatic N) is 1. The fourth-order valence-electron chi connectivity index (χ4n) is 2.23. The molecule has 26 heavy (non-hydrogen) atoms. The summed E-state index contributed by atoms with van der Waals surface area (Å²) in [6.45, 7) is 7.48. The third kappa shape index (κ3) is 6.68. The van der Waals surface area contributed by atoms with Gasteiger partial charge in [0.1, 0.15) is 5.60 Å². The van der Waals surface area contributed by atoms with Crippen molar-refractivity contribution in [1.82, 2.24) is 0 Å². The van der Waals surface area contributed by atoms with Crippen molar-refractivity contribution in [3.63, 3.8) is 0 Å². The minimum atomic E-state index is -0.928. The second-order valence-corrected chi connectivity index (χ2v) is 8.41. The van der Waals surface area contributed by atoms with Crippen molar-refractivity contribution >= 4 is 23.9 Å². The molecule has 0 radical (unpaired) electrons. The van der Waals surface area contributed by atoms with Crippen molar-refractivity contribution < 1.29 is 9.53 Å². The van der Waals surface area contributed by atoms with Gasteiger partial charge in [0.05, 0.1) is 0 Å². The van der Waals surface area contributed by atoms with E-state index in [1.54, 1.807) is 18.0 Å². The molecule has 0 aliphatic heterocycles. The molecule has 0 amide bonds. The van der Waals surface area contributed by atoms with Crippen molar-refractivity contribution in [2.45, 2.75) is 44.6 Å². The van der Waals surface area contributed by atoms with Crippen LogP contribution in [0.25, 0.3) is 0 Å². The number of benzene rings is 2. The van der Waals surface area contributed by atoms with Crippen LogP contribution in [-0.2, 0) is 15.3 Å². The molecule has 0 N–H and O–H groups in total. The summed E-state index contributed by atoms with van der Waals surface area (Å²) >= 11 is 1.69. The molecular formula is C22H27NO2S. The van der Waals surface area contributed by atoms with Crippen molar-refractivity contribution in [3.05, 3.63) is 71.8 Å². The minimum absolute atomic E-state index is 0.294. The molecule has 0 saturated carbocycles. The van der Waals surface area contributed by atoms with Crippen LogP contribution < -0.4 is 0 Å². The normalized spacial score (nSPS) is 14.2. The SMILES string of the molecule is CC(C)(C)OC(=O)[C@](C)(CSCc1ccccc1)N=Cc1ccccc1. The molecule has 0 unspecified atom stereocenters. The van der Waals surface area contributed by atoms with Gasteiger partial charge in [0.25, 0.3) is 0 Å². The molecule has 1 atom stereocenters. The van der Waals surface area contributed by atoms with Gasteiger partial charge in [-0.2, -0.15) is 11.8 Å². The summed E-state index contributed by atoms with van der Waals surface area (Å²) < 4.78 is 5.63. The lowest BCUT2D eigenvalue weighted by molar-refractivity contribution is -0.159. The third-order valence-corrected chi connectivity index (χ3v) is 4.94. The number of thioether (sulfide) groups is 1. The molecule has 0 aromatic heterocycles. The third-order valence-electron chi connectivity index (χ3n) is 3.63. The Morgan fingerprint density at radius 2 is 1.58 bits per heavy atom. The Morgan fingerprint density at radius 1 is 1.00 bits per heavy atom. The van der Waals surface area contributed by atoms with Gasteiger partial charge in [-0.15, -0.1) is 0 Å². The van der Waals surface area contributed by atoms with E-state index in [0.29, 0.717) is 5.75 Å². The highest BCUT2D eigenvalue weighted by atomic mass is 32.2. The van der Waals surface area contributed by atoms with Crippen LogP contribution in [0.1, 0.15) is 38.8 Å². The summed E-state index contributed by atoms with van der Waals surface area (Å²) in [5, 5.41) is 0. The molecule has 2 rings (SSSR count). The summed E-state index contributed by atoms with van der Waals surface area (Å²) in [4.78, 5) is 17.4. The zero-order valence-corrected chi connectivity index (χ0v) is 16.8. The molecule has 138 valence electrons. The lowest BCUT2D eigenvalue weighted by Gasteiger charge is -2.28. The maximum Gasteiger partial charge on any atom is 0.335 e. The predicted octanol–water partition coefficient (Wildman–Crippen LogP) is 5.14. The first-order valence-electron chi connectivity index (χ1n) is 8.74. The molecular weight excluding hydrogens is 342 g/mol. The van der Waals surface area contributed by atoms with Crippen LogP contribution in [0.4, 0.5) is 0 Å². The Balaban J connectivity index is 2.11. The van der Waals surface area contributed by atoms with Crippen LogP contribution in [0.2, 0.25) is 0 Å². The van der Waals surface area contributed by atoms with E-state index in [4.69, 9.17) is 4.74 Å². The minimum Gasteiger partial charge on any atom is -0.458 e. The number of esters is 1. The van der Waals surface area contributed by atoms with Crippen molar-refractivity contribution in [3.8, 4) is 0 Å². The first-order chi connectivity index (χ1) is 12.3. The lowest BCUT2D eigenvalue weighted by Crippen LogP contribution is -2.42. The molecule has 0 aliphatic carbocycles. The van der Waals surface area contributed by atoms with Gasteiger partial charge < -0.3 is 4.74 Å². The van der Waals surface area contributed by atoms with Gasteiger partial charge in [-0.1, -0.05) is 60.7 Å². The Labute approximate surface area is 160 Å². The second-order valence-electron chi connectivity index (χ2n) is 7.42. The largest absolute Gasteiger partial charge is 0.458 e. The molecule has 2 aromatic rings. The summed E-state index contributed by atoms with van der Waals surface area (Å²) in [6, 6.07) is 20.0. The monoisotopic (exact) mass is 369 g/mol. The summed E-state index contributed by atoms with van der Waals surface area (Å²) in [5.41, 5.74) is 0.735. The van der Waals surface area contributed by atoms with Gasteiger partial charge in [0.15, 0.2) is 5.54 Å². The van der Waals surface area contributed by atoms with Gasteiger partial charge in [0, 0.05) is 17.7 Å². The fourth-order valence-corrected chi connectivity index (χ4v) is 3.35. The molecule has 0 heterocycles. The first-order valence-corrected chi connectivity index (χ1v) is 9.89. The van der Waals surface area contributed by atoms with Gasteiger partial charge in [-0.3, -0.25) is 4.99 Å². The first kappa shape index (κ1) is 20.2. The molecule has 3 nitrogen and oxygen atoms in total. The Bertz CT molecular complexity index is 723. The number of carbonyl (C=O) groups is 1. The van der Waals surface area contributed by atoms with Crippen LogP contribution in [0, 0.1) is 0 Å². The maximum absolute atomic E-state index is 12.8. The van der Waals surface area contributed by atoms with E-state index >= 15 is 0 Å². The van der Waals surface area contributed by atoms with Crippen molar-refractivity contribution in [2.75, 3.05) is 5.75 Å². The van der Waals surface area contributed by atoms with Crippen LogP contribution in [0.5, 0.6) is 0 Å². The smallest absolute Gasteiger partial charge is 0.335 e. The maximum atomic E-state index is 12.8. The van der Waals surface area contributed by atoms with Gasteiger partial charge in [0.2, 0.25) is 0 Å². The number of rotatable bonds is 7. The Hall–Kier alpha value is -2.07. The summed E-state index contributed by atoms with van der Waals surface area (Å²) in [5.74, 6) is 1.10. The van der Waals surface area contributed by atoms with Crippen LogP contribution in [0.3, 0.4) is 0 Å². The Kier molecular flexibility index (Phi) is 7.04. The highest BCUT2D eigenvalue weighted by Gasteiger charge is 2.36. The topological polar surface area (TPSA) is 38.7 Å². The number of carbonyl (C=O) groups excluding carboxylic acids is 1. The Morgan fingerprint density at radius 3 is 2.15 bits per heavy atom. The molecule has 0 saturated heterocycles. The standard InChI is InChI=1S/C22H27NO2S/c1-21(2,3)25-20(24)22(4,23-15-18-11-7-5-8-12-18)17-26-16-19-13-9-6-10-14-19/h5-15H,16-17H2,1-4H3/t22-/m0/s1. The van der Waals surface area contributed by atoms with Crippen LogP contribution in [-0.4, -0.2) is 29.1 Å². The second kappa shape index (κ2) is 9.04. The van der Waals surface area contributed by atoms with E-state index in [2.05, 4.69) is 17.1 Å². The molecule has 0 aliphatic rings. The number of hydrogen-bond donors (Lipinski definition) is 0. The van der Waals surface area contributed by atoms with E-state index in [9.17, 15) is 4.79 Å². The predicted molar refractivity (Wildman–Crippen MR) is 111 cm³/mol. The quantitative estimate of drug-likeness (QED) is 0.501. The van der Waals surface area contributed by atoms with E-state index < -0.39 is 11.1 Å².